The summed E-state index contributed by atoms with van der Waals surface area (Å²) in [5.74, 6) is -0.0535. The highest BCUT2D eigenvalue weighted by Gasteiger charge is 2.14. The molecule has 0 saturated heterocycles. The molecule has 19 heavy (non-hydrogen) atoms. The first-order valence-corrected chi connectivity index (χ1v) is 6.04. The second-order valence-electron chi connectivity index (χ2n) is 3.95. The van der Waals surface area contributed by atoms with Gasteiger partial charge in [-0.15, -0.1) is 5.10 Å². The van der Waals surface area contributed by atoms with Crippen molar-refractivity contribution in [1.82, 2.24) is 20.0 Å². The third-order valence-electron chi connectivity index (χ3n) is 2.68. The zero-order valence-electron chi connectivity index (χ0n) is 10.7. The average molecular weight is 260 g/mol. The lowest BCUT2D eigenvalue weighted by Crippen LogP contribution is -2.33. The van der Waals surface area contributed by atoms with Crippen molar-refractivity contribution < 1.29 is 4.79 Å². The van der Waals surface area contributed by atoms with E-state index >= 15 is 0 Å². The van der Waals surface area contributed by atoms with E-state index < -0.39 is 0 Å². The summed E-state index contributed by atoms with van der Waals surface area (Å²) in [7, 11) is 0. The molecule has 7 nitrogen and oxygen atoms in total. The Morgan fingerprint density at radius 1 is 1.42 bits per heavy atom. The molecule has 0 bridgehead atoms. The zero-order chi connectivity index (χ0) is 13.7. The van der Waals surface area contributed by atoms with Gasteiger partial charge in [0.05, 0.1) is 11.9 Å². The number of nitrogens with zero attached hydrogens (tertiary/aromatic N) is 5. The van der Waals surface area contributed by atoms with Gasteiger partial charge in [-0.1, -0.05) is 5.21 Å². The Labute approximate surface area is 111 Å². The Morgan fingerprint density at radius 3 is 2.74 bits per heavy atom. The molecule has 0 aliphatic rings. The highest BCUT2D eigenvalue weighted by Crippen LogP contribution is 2.12. The summed E-state index contributed by atoms with van der Waals surface area (Å²) in [6.07, 6.45) is 5.00. The van der Waals surface area contributed by atoms with Crippen LogP contribution in [0.5, 0.6) is 0 Å². The molecule has 0 unspecified atom stereocenters. The Hall–Kier alpha value is -2.28. The van der Waals surface area contributed by atoms with Gasteiger partial charge in [-0.2, -0.15) is 0 Å². The molecule has 0 radical (unpaired) electrons. The highest BCUT2D eigenvalue weighted by molar-refractivity contribution is 5.92. The molecule has 1 amide bonds. The minimum atomic E-state index is -0.0535. The maximum absolute atomic E-state index is 12.2. The molecular formula is C12H16N6O. The summed E-state index contributed by atoms with van der Waals surface area (Å²) < 4.78 is 1.49. The Bertz CT molecular complexity index is 538. The van der Waals surface area contributed by atoms with Crippen molar-refractivity contribution in [2.75, 3.05) is 11.4 Å². The van der Waals surface area contributed by atoms with Gasteiger partial charge in [-0.25, -0.2) is 4.68 Å². The molecule has 0 atom stereocenters. The molecule has 0 saturated carbocycles. The van der Waals surface area contributed by atoms with Gasteiger partial charge >= 0.3 is 0 Å². The van der Waals surface area contributed by atoms with E-state index in [9.17, 15) is 4.79 Å². The molecule has 2 N–H and O–H groups in total. The molecule has 0 spiro atoms. The molecule has 0 fully saturated rings. The van der Waals surface area contributed by atoms with Crippen LogP contribution in [0.1, 0.15) is 12.6 Å². The Balaban J connectivity index is 2.09. The molecule has 2 aromatic heterocycles. The molecule has 0 aliphatic carbocycles. The number of rotatable bonds is 5. The largest absolute Gasteiger partial charge is 0.325 e. The lowest BCUT2D eigenvalue weighted by atomic mass is 10.3. The van der Waals surface area contributed by atoms with E-state index in [1.807, 2.05) is 6.92 Å². The summed E-state index contributed by atoms with van der Waals surface area (Å²) in [4.78, 5) is 17.8. The maximum Gasteiger partial charge on any atom is 0.248 e. The van der Waals surface area contributed by atoms with Crippen LogP contribution in [-0.2, 0) is 17.9 Å². The summed E-state index contributed by atoms with van der Waals surface area (Å²) in [5, 5.41) is 7.72. The fraction of sp³-hybridized carbons (Fsp3) is 0.333. The summed E-state index contributed by atoms with van der Waals surface area (Å²) in [6, 6.07) is 3.60. The summed E-state index contributed by atoms with van der Waals surface area (Å²) in [5.41, 5.74) is 6.94. The Kier molecular flexibility index (Phi) is 4.19. The van der Waals surface area contributed by atoms with E-state index in [1.165, 1.54) is 4.68 Å². The van der Waals surface area contributed by atoms with Crippen LogP contribution in [0.3, 0.4) is 0 Å². The van der Waals surface area contributed by atoms with E-state index in [0.717, 1.165) is 5.69 Å². The zero-order valence-corrected chi connectivity index (χ0v) is 10.7. The number of amides is 1. The minimum absolute atomic E-state index is 0.0535. The van der Waals surface area contributed by atoms with Gasteiger partial charge in [0.15, 0.2) is 0 Å². The normalized spacial score (nSPS) is 10.4. The fourth-order valence-electron chi connectivity index (χ4n) is 1.76. The third-order valence-corrected chi connectivity index (χ3v) is 2.68. The van der Waals surface area contributed by atoms with Crippen LogP contribution in [-0.4, -0.2) is 32.4 Å². The van der Waals surface area contributed by atoms with Gasteiger partial charge in [0, 0.05) is 31.2 Å². The monoisotopic (exact) mass is 260 g/mol. The molecule has 100 valence electrons. The van der Waals surface area contributed by atoms with Crippen molar-refractivity contribution in [3.05, 3.63) is 36.4 Å². The van der Waals surface area contributed by atoms with Crippen molar-refractivity contribution in [3.63, 3.8) is 0 Å². The molecule has 0 aromatic carbocycles. The van der Waals surface area contributed by atoms with Gasteiger partial charge in [0.2, 0.25) is 5.91 Å². The van der Waals surface area contributed by atoms with Crippen LogP contribution >= 0.6 is 0 Å². The second-order valence-corrected chi connectivity index (χ2v) is 3.95. The number of nitrogens with two attached hydrogens (primary N) is 1. The first-order chi connectivity index (χ1) is 9.24. The van der Waals surface area contributed by atoms with Crippen molar-refractivity contribution in [2.45, 2.75) is 20.0 Å². The highest BCUT2D eigenvalue weighted by atomic mass is 16.2. The van der Waals surface area contributed by atoms with Gasteiger partial charge in [-0.05, 0) is 19.1 Å². The topological polar surface area (TPSA) is 89.9 Å². The molecule has 2 rings (SSSR count). The van der Waals surface area contributed by atoms with Crippen molar-refractivity contribution >= 4 is 11.6 Å². The third kappa shape index (κ3) is 3.14. The van der Waals surface area contributed by atoms with E-state index in [1.54, 1.807) is 35.6 Å². The number of carbonyl (C=O) groups excluding carboxylic acids is 1. The number of hydrogen-bond donors (Lipinski definition) is 1. The van der Waals surface area contributed by atoms with Gasteiger partial charge < -0.3 is 10.6 Å². The molecule has 2 aromatic rings. The summed E-state index contributed by atoms with van der Waals surface area (Å²) in [6.45, 7) is 2.96. The standard InChI is InChI=1S/C12H16N6O/c1-2-18(11-3-5-14-6-4-11)12(19)9-17-8-10(7-13)15-16-17/h3-6,8H,2,7,9,13H2,1H3. The van der Waals surface area contributed by atoms with E-state index in [2.05, 4.69) is 15.3 Å². The van der Waals surface area contributed by atoms with Gasteiger partial charge in [-0.3, -0.25) is 9.78 Å². The Morgan fingerprint density at radius 2 is 2.16 bits per heavy atom. The second kappa shape index (κ2) is 6.05. The van der Waals surface area contributed by atoms with Crippen LogP contribution in [0.15, 0.2) is 30.7 Å². The lowest BCUT2D eigenvalue weighted by molar-refractivity contribution is -0.119. The summed E-state index contributed by atoms with van der Waals surface area (Å²) >= 11 is 0. The molecule has 0 aliphatic heterocycles. The predicted octanol–water partition coefficient (Wildman–Crippen LogP) is 0.185. The maximum atomic E-state index is 12.2. The lowest BCUT2D eigenvalue weighted by Gasteiger charge is -2.20. The molecule has 2 heterocycles. The quantitative estimate of drug-likeness (QED) is 0.828. The molecule has 7 heteroatoms. The number of hydrogen-bond acceptors (Lipinski definition) is 5. The van der Waals surface area contributed by atoms with Crippen LogP contribution in [0.25, 0.3) is 0 Å². The van der Waals surface area contributed by atoms with Gasteiger partial charge in [0.1, 0.15) is 6.54 Å². The molecular weight excluding hydrogens is 244 g/mol. The predicted molar refractivity (Wildman–Crippen MR) is 70.2 cm³/mol. The van der Waals surface area contributed by atoms with Crippen LogP contribution in [0.4, 0.5) is 5.69 Å². The number of anilines is 1. The van der Waals surface area contributed by atoms with Crippen molar-refractivity contribution in [3.8, 4) is 0 Å². The number of carbonyl (C=O) groups is 1. The number of pyridine rings is 1. The van der Waals surface area contributed by atoms with E-state index in [-0.39, 0.29) is 12.5 Å². The first-order valence-electron chi connectivity index (χ1n) is 6.04. The fourth-order valence-corrected chi connectivity index (χ4v) is 1.76. The number of aromatic nitrogens is 4. The van der Waals surface area contributed by atoms with Crippen LogP contribution < -0.4 is 10.6 Å². The van der Waals surface area contributed by atoms with Gasteiger partial charge in [0.25, 0.3) is 0 Å². The first kappa shape index (κ1) is 13.2. The van der Waals surface area contributed by atoms with Crippen molar-refractivity contribution in [1.29, 1.82) is 0 Å². The smallest absolute Gasteiger partial charge is 0.248 e. The SMILES string of the molecule is CCN(C(=O)Cn1cc(CN)nn1)c1ccncc1. The van der Waals surface area contributed by atoms with E-state index in [4.69, 9.17) is 5.73 Å². The van der Waals surface area contributed by atoms with E-state index in [0.29, 0.717) is 18.8 Å². The minimum Gasteiger partial charge on any atom is -0.325 e. The average Bonchev–Trinajstić information content (AvgIpc) is 2.88. The van der Waals surface area contributed by atoms with Crippen LogP contribution in [0, 0.1) is 0 Å². The van der Waals surface area contributed by atoms with Crippen molar-refractivity contribution in [2.24, 2.45) is 5.73 Å². The number of likely N-dealkylation sites (N-methyl/N-ethyl adjacent to an activating group) is 1. The van der Waals surface area contributed by atoms with Crippen LogP contribution in [0.2, 0.25) is 0 Å².